The average Bonchev–Trinajstić information content (AvgIpc) is 3.14. The topological polar surface area (TPSA) is 68.0 Å². The van der Waals surface area contributed by atoms with Gasteiger partial charge in [0.15, 0.2) is 0 Å². The number of amides is 1. The van der Waals surface area contributed by atoms with Gasteiger partial charge in [-0.05, 0) is 11.1 Å². The quantitative estimate of drug-likeness (QED) is 0.670. The van der Waals surface area contributed by atoms with Crippen molar-refractivity contribution in [2.75, 3.05) is 6.54 Å². The lowest BCUT2D eigenvalue weighted by Crippen LogP contribution is -2.23. The zero-order valence-electron chi connectivity index (χ0n) is 13.8. The maximum absolute atomic E-state index is 11.6. The molecule has 3 aromatic rings. The molecule has 0 fully saturated rings. The molecule has 0 aliphatic heterocycles. The predicted octanol–water partition coefficient (Wildman–Crippen LogP) is 3.64. The Bertz CT molecular complexity index is 839. The van der Waals surface area contributed by atoms with Crippen LogP contribution in [0, 0.1) is 0 Å². The third-order valence-corrected chi connectivity index (χ3v) is 3.73. The molecule has 0 spiro atoms. The highest BCUT2D eigenvalue weighted by Crippen LogP contribution is 2.23. The molecule has 5 nitrogen and oxygen atoms in total. The Morgan fingerprint density at radius 1 is 1.04 bits per heavy atom. The van der Waals surface area contributed by atoms with Gasteiger partial charge in [0.2, 0.25) is 17.6 Å². The average molecular weight is 333 g/mol. The molecule has 0 radical (unpaired) electrons. The van der Waals surface area contributed by atoms with E-state index in [1.807, 2.05) is 42.5 Å². The van der Waals surface area contributed by atoms with Crippen LogP contribution in [0.2, 0.25) is 0 Å². The molecule has 3 rings (SSSR count). The molecule has 0 saturated carbocycles. The van der Waals surface area contributed by atoms with Crippen molar-refractivity contribution >= 4 is 5.91 Å². The van der Waals surface area contributed by atoms with Crippen molar-refractivity contribution in [3.05, 3.63) is 73.1 Å². The van der Waals surface area contributed by atoms with Crippen LogP contribution in [0.15, 0.2) is 71.8 Å². The monoisotopic (exact) mass is 333 g/mol. The first-order valence-electron chi connectivity index (χ1n) is 8.12. The highest BCUT2D eigenvalue weighted by Gasteiger charge is 2.10. The van der Waals surface area contributed by atoms with Crippen LogP contribution in [0.5, 0.6) is 0 Å². The molecular formula is C20H19N3O2. The van der Waals surface area contributed by atoms with E-state index in [4.69, 9.17) is 4.52 Å². The van der Waals surface area contributed by atoms with Gasteiger partial charge in [-0.25, -0.2) is 0 Å². The fourth-order valence-corrected chi connectivity index (χ4v) is 2.41. The van der Waals surface area contributed by atoms with Gasteiger partial charge in [-0.15, -0.1) is 6.58 Å². The van der Waals surface area contributed by atoms with Crippen molar-refractivity contribution in [2.24, 2.45) is 0 Å². The van der Waals surface area contributed by atoms with Gasteiger partial charge >= 0.3 is 0 Å². The van der Waals surface area contributed by atoms with E-state index >= 15 is 0 Å². The number of carbonyl (C=O) groups excluding carboxylic acids is 1. The first kappa shape index (κ1) is 16.6. The molecule has 1 N–H and O–H groups in total. The SMILES string of the molecule is C=CCNC(=O)CCc1nc(-c2ccc(-c3ccccc3)cc2)no1. The zero-order chi connectivity index (χ0) is 17.5. The summed E-state index contributed by atoms with van der Waals surface area (Å²) in [5.74, 6) is 0.920. The molecule has 0 atom stereocenters. The number of carbonyl (C=O) groups is 1. The van der Waals surface area contributed by atoms with Gasteiger partial charge in [0.25, 0.3) is 0 Å². The van der Waals surface area contributed by atoms with Crippen molar-refractivity contribution in [3.8, 4) is 22.5 Å². The summed E-state index contributed by atoms with van der Waals surface area (Å²) in [6.07, 6.45) is 2.36. The fourth-order valence-electron chi connectivity index (χ4n) is 2.41. The number of aryl methyl sites for hydroxylation is 1. The molecular weight excluding hydrogens is 314 g/mol. The van der Waals surface area contributed by atoms with Crippen LogP contribution in [0.3, 0.4) is 0 Å². The van der Waals surface area contributed by atoms with Gasteiger partial charge in [-0.2, -0.15) is 4.98 Å². The Morgan fingerprint density at radius 2 is 1.72 bits per heavy atom. The first-order valence-corrected chi connectivity index (χ1v) is 8.12. The summed E-state index contributed by atoms with van der Waals surface area (Å²) in [4.78, 5) is 15.9. The Kier molecular flexibility index (Phi) is 5.36. The predicted molar refractivity (Wildman–Crippen MR) is 96.7 cm³/mol. The van der Waals surface area contributed by atoms with Crippen molar-refractivity contribution < 1.29 is 9.32 Å². The molecule has 1 amide bonds. The molecule has 1 heterocycles. The third-order valence-electron chi connectivity index (χ3n) is 3.73. The summed E-state index contributed by atoms with van der Waals surface area (Å²) in [7, 11) is 0. The van der Waals surface area contributed by atoms with Crippen molar-refractivity contribution in [1.82, 2.24) is 15.5 Å². The molecule has 0 aliphatic rings. The van der Waals surface area contributed by atoms with Crippen molar-refractivity contribution in [1.29, 1.82) is 0 Å². The summed E-state index contributed by atoms with van der Waals surface area (Å²) in [6.45, 7) is 4.02. The third kappa shape index (κ3) is 4.41. The summed E-state index contributed by atoms with van der Waals surface area (Å²) in [5.41, 5.74) is 3.17. The van der Waals surface area contributed by atoms with Gasteiger partial charge in [0, 0.05) is 24.9 Å². The summed E-state index contributed by atoms with van der Waals surface area (Å²) < 4.78 is 5.23. The van der Waals surface area contributed by atoms with Crippen LogP contribution < -0.4 is 5.32 Å². The second kappa shape index (κ2) is 8.06. The van der Waals surface area contributed by atoms with Gasteiger partial charge in [-0.3, -0.25) is 4.79 Å². The molecule has 0 bridgehead atoms. The van der Waals surface area contributed by atoms with Crippen LogP contribution in [0.25, 0.3) is 22.5 Å². The van der Waals surface area contributed by atoms with Crippen LogP contribution in [-0.4, -0.2) is 22.6 Å². The second-order valence-corrected chi connectivity index (χ2v) is 5.55. The lowest BCUT2D eigenvalue weighted by molar-refractivity contribution is -0.120. The second-order valence-electron chi connectivity index (χ2n) is 5.55. The van der Waals surface area contributed by atoms with Crippen LogP contribution in [0.1, 0.15) is 12.3 Å². The number of aromatic nitrogens is 2. The standard InChI is InChI=1S/C20H19N3O2/c1-2-14-21-18(24)12-13-19-22-20(23-25-19)17-10-8-16(9-11-17)15-6-4-3-5-7-15/h2-11H,1,12-14H2,(H,21,24). The summed E-state index contributed by atoms with van der Waals surface area (Å²) in [5, 5.41) is 6.71. The lowest BCUT2D eigenvalue weighted by Gasteiger charge is -2.01. The fraction of sp³-hybridized carbons (Fsp3) is 0.150. The number of nitrogens with one attached hydrogen (secondary N) is 1. The number of hydrogen-bond donors (Lipinski definition) is 1. The zero-order valence-corrected chi connectivity index (χ0v) is 13.8. The summed E-state index contributed by atoms with van der Waals surface area (Å²) >= 11 is 0. The minimum Gasteiger partial charge on any atom is -0.353 e. The van der Waals surface area contributed by atoms with Crippen LogP contribution in [-0.2, 0) is 11.2 Å². The minimum atomic E-state index is -0.0631. The van der Waals surface area contributed by atoms with Gasteiger partial charge in [-0.1, -0.05) is 65.8 Å². The number of rotatable bonds is 7. The van der Waals surface area contributed by atoms with Gasteiger partial charge < -0.3 is 9.84 Å². The number of hydrogen-bond acceptors (Lipinski definition) is 4. The van der Waals surface area contributed by atoms with E-state index in [2.05, 4.69) is 34.2 Å². The Hall–Kier alpha value is -3.21. The Morgan fingerprint density at radius 3 is 2.44 bits per heavy atom. The largest absolute Gasteiger partial charge is 0.353 e. The van der Waals surface area contributed by atoms with Gasteiger partial charge in [0.1, 0.15) is 0 Å². The number of nitrogens with zero attached hydrogens (tertiary/aromatic N) is 2. The van der Waals surface area contributed by atoms with Gasteiger partial charge in [0.05, 0.1) is 0 Å². The van der Waals surface area contributed by atoms with E-state index in [1.54, 1.807) is 6.08 Å². The van der Waals surface area contributed by atoms with E-state index in [9.17, 15) is 4.79 Å². The molecule has 5 heteroatoms. The minimum absolute atomic E-state index is 0.0631. The van der Waals surface area contributed by atoms with E-state index in [-0.39, 0.29) is 5.91 Å². The van der Waals surface area contributed by atoms with E-state index in [0.717, 1.165) is 16.7 Å². The highest BCUT2D eigenvalue weighted by atomic mass is 16.5. The van der Waals surface area contributed by atoms with Crippen molar-refractivity contribution in [2.45, 2.75) is 12.8 Å². The Balaban J connectivity index is 1.64. The molecule has 2 aromatic carbocycles. The van der Waals surface area contributed by atoms with E-state index in [1.165, 1.54) is 0 Å². The molecule has 25 heavy (non-hydrogen) atoms. The Labute approximate surface area is 146 Å². The van der Waals surface area contributed by atoms with E-state index in [0.29, 0.717) is 31.1 Å². The smallest absolute Gasteiger partial charge is 0.227 e. The molecule has 0 unspecified atom stereocenters. The maximum Gasteiger partial charge on any atom is 0.227 e. The maximum atomic E-state index is 11.6. The molecule has 1 aromatic heterocycles. The van der Waals surface area contributed by atoms with Crippen molar-refractivity contribution in [3.63, 3.8) is 0 Å². The van der Waals surface area contributed by atoms with Crippen LogP contribution >= 0.6 is 0 Å². The summed E-state index contributed by atoms with van der Waals surface area (Å²) in [6, 6.07) is 18.2. The molecule has 0 aliphatic carbocycles. The number of benzene rings is 2. The van der Waals surface area contributed by atoms with E-state index < -0.39 is 0 Å². The highest BCUT2D eigenvalue weighted by molar-refractivity contribution is 5.76. The first-order chi connectivity index (χ1) is 12.3. The lowest BCUT2D eigenvalue weighted by atomic mass is 10.0. The normalized spacial score (nSPS) is 10.4. The molecule has 126 valence electrons. The van der Waals surface area contributed by atoms with Crippen LogP contribution in [0.4, 0.5) is 0 Å². The molecule has 0 saturated heterocycles.